The molecule has 0 aliphatic carbocycles. The Kier molecular flexibility index (Phi) is 6.80. The molecule has 0 N–H and O–H groups in total. The second-order valence-corrected chi connectivity index (χ2v) is 9.60. The molecule has 7 nitrogen and oxygen atoms in total. The number of likely N-dealkylation sites (tertiary alicyclic amines) is 1. The highest BCUT2D eigenvalue weighted by Crippen LogP contribution is 2.35. The normalized spacial score (nSPS) is 14.0. The second-order valence-electron chi connectivity index (χ2n) is 8.46. The van der Waals surface area contributed by atoms with Crippen LogP contribution in [0.4, 0.5) is 8.78 Å². The highest BCUT2D eigenvalue weighted by Gasteiger charge is 2.33. The Morgan fingerprint density at radius 1 is 1.19 bits per heavy atom. The van der Waals surface area contributed by atoms with E-state index in [0.29, 0.717) is 24.5 Å². The van der Waals surface area contributed by atoms with Crippen LogP contribution >= 0.6 is 11.3 Å². The summed E-state index contributed by atoms with van der Waals surface area (Å²) in [6.07, 6.45) is 0.793. The second kappa shape index (κ2) is 10.2. The summed E-state index contributed by atoms with van der Waals surface area (Å²) < 4.78 is 43.8. The van der Waals surface area contributed by atoms with Gasteiger partial charge in [-0.15, -0.1) is 11.3 Å². The molecule has 0 amide bonds. The number of hydrogen-bond acceptors (Lipinski definition) is 8. The van der Waals surface area contributed by atoms with Gasteiger partial charge in [0.25, 0.3) is 5.89 Å². The van der Waals surface area contributed by atoms with E-state index < -0.39 is 11.6 Å². The number of carbonyl (C=O) groups is 1. The lowest BCUT2D eigenvalue weighted by molar-refractivity contribution is -0.151. The minimum absolute atomic E-state index is 0.0410. The van der Waals surface area contributed by atoms with Gasteiger partial charge in [0.05, 0.1) is 17.9 Å². The lowest BCUT2D eigenvalue weighted by atomic mass is 10.0. The molecule has 0 saturated carbocycles. The number of thiophene rings is 1. The van der Waals surface area contributed by atoms with Crippen molar-refractivity contribution in [1.82, 2.24) is 15.0 Å². The number of carbonyl (C=O) groups excluding carboxylic acids is 1. The Morgan fingerprint density at radius 3 is 2.75 bits per heavy atom. The van der Waals surface area contributed by atoms with Gasteiger partial charge in [-0.2, -0.15) is 4.98 Å². The molecular formula is C26H23F2N3O4S. The molecule has 1 aliphatic heterocycles. The molecule has 1 fully saturated rings. The monoisotopic (exact) mass is 511 g/mol. The summed E-state index contributed by atoms with van der Waals surface area (Å²) in [7, 11) is 1.41. The predicted octanol–water partition coefficient (Wildman–Crippen LogP) is 5.70. The largest absolute Gasteiger partial charge is 0.469 e. The Hall–Kier alpha value is -3.63. The van der Waals surface area contributed by atoms with Gasteiger partial charge in [0.1, 0.15) is 11.6 Å². The molecule has 0 spiro atoms. The average molecular weight is 512 g/mol. The first-order valence-corrected chi connectivity index (χ1v) is 12.2. The first-order chi connectivity index (χ1) is 17.4. The molecule has 10 heteroatoms. The number of ether oxygens (including phenoxy) is 2. The molecule has 4 aromatic rings. The molecule has 186 valence electrons. The number of benzene rings is 2. The van der Waals surface area contributed by atoms with Crippen molar-refractivity contribution in [2.75, 3.05) is 20.2 Å². The molecule has 0 bridgehead atoms. The summed E-state index contributed by atoms with van der Waals surface area (Å²) in [5.74, 6) is -0.563. The highest BCUT2D eigenvalue weighted by atomic mass is 32.1. The Labute approximate surface area is 210 Å². The first-order valence-electron chi connectivity index (χ1n) is 11.4. The molecule has 0 atom stereocenters. The third-order valence-corrected chi connectivity index (χ3v) is 7.10. The van der Waals surface area contributed by atoms with E-state index >= 15 is 0 Å². The molecule has 5 rings (SSSR count). The third-order valence-electron chi connectivity index (χ3n) is 5.94. The fraction of sp³-hybridized carbons (Fsp3) is 0.269. The summed E-state index contributed by atoms with van der Waals surface area (Å²) in [5, 5.41) is 4.13. The molecule has 3 heterocycles. The van der Waals surface area contributed by atoms with Crippen molar-refractivity contribution in [2.24, 2.45) is 5.92 Å². The van der Waals surface area contributed by atoms with Gasteiger partial charge in [-0.05, 0) is 48.4 Å². The van der Waals surface area contributed by atoms with E-state index in [2.05, 4.69) is 28.0 Å². The summed E-state index contributed by atoms with van der Waals surface area (Å²) in [6, 6.07) is 11.9. The van der Waals surface area contributed by atoms with Crippen LogP contribution < -0.4 is 4.74 Å². The van der Waals surface area contributed by atoms with Crippen LogP contribution in [0.1, 0.15) is 17.4 Å². The van der Waals surface area contributed by atoms with Gasteiger partial charge in [0, 0.05) is 36.1 Å². The lowest BCUT2D eigenvalue weighted by Crippen LogP contribution is -2.49. The fourth-order valence-corrected chi connectivity index (χ4v) is 5.28. The van der Waals surface area contributed by atoms with Gasteiger partial charge in [-0.3, -0.25) is 9.69 Å². The number of halogens is 2. The van der Waals surface area contributed by atoms with Crippen molar-refractivity contribution >= 4 is 17.3 Å². The highest BCUT2D eigenvalue weighted by molar-refractivity contribution is 7.15. The van der Waals surface area contributed by atoms with E-state index in [-0.39, 0.29) is 29.3 Å². The maximum absolute atomic E-state index is 14.7. The van der Waals surface area contributed by atoms with E-state index in [1.165, 1.54) is 37.4 Å². The third kappa shape index (κ3) is 5.00. The minimum atomic E-state index is -0.635. The van der Waals surface area contributed by atoms with E-state index in [1.807, 2.05) is 0 Å². The van der Waals surface area contributed by atoms with Crippen molar-refractivity contribution in [3.05, 3.63) is 70.6 Å². The number of methoxy groups -OCH3 is 1. The summed E-state index contributed by atoms with van der Waals surface area (Å²) in [4.78, 5) is 20.3. The number of esters is 1. The molecule has 1 aliphatic rings. The van der Waals surface area contributed by atoms with Crippen LogP contribution in [0.15, 0.2) is 53.1 Å². The molecule has 36 heavy (non-hydrogen) atoms. The van der Waals surface area contributed by atoms with Crippen LogP contribution in [0.25, 0.3) is 22.2 Å². The quantitative estimate of drug-likeness (QED) is 0.281. The fourth-order valence-electron chi connectivity index (χ4n) is 4.06. The Morgan fingerprint density at radius 2 is 2.03 bits per heavy atom. The SMILES string of the molecule is CCc1cc(CN2CC(C(=O)OC)C2)sc1-c1noc(-c2ccc(Oc3cccc(F)c3)c(F)c2)n1. The van der Waals surface area contributed by atoms with Gasteiger partial charge in [-0.1, -0.05) is 18.1 Å². The zero-order valence-electron chi connectivity index (χ0n) is 19.7. The minimum Gasteiger partial charge on any atom is -0.469 e. The number of aromatic nitrogens is 2. The Balaban J connectivity index is 1.30. The standard InChI is InChI=1S/C26H23F2N3O4S/c1-3-15-9-20(14-31-12-17(13-31)26(32)33-2)36-23(15)24-29-25(35-30-24)16-7-8-22(21(28)10-16)34-19-6-4-5-18(27)11-19/h4-11,17H,3,12-14H2,1-2H3. The van der Waals surface area contributed by atoms with Crippen molar-refractivity contribution in [3.8, 4) is 33.7 Å². The van der Waals surface area contributed by atoms with Crippen LogP contribution in [-0.2, 0) is 22.5 Å². The van der Waals surface area contributed by atoms with Crippen LogP contribution in [-0.4, -0.2) is 41.2 Å². The van der Waals surface area contributed by atoms with Gasteiger partial charge in [-0.25, -0.2) is 8.78 Å². The van der Waals surface area contributed by atoms with Gasteiger partial charge >= 0.3 is 5.97 Å². The maximum Gasteiger partial charge on any atom is 0.311 e. The molecule has 2 aromatic heterocycles. The number of aryl methyl sites for hydroxylation is 1. The maximum atomic E-state index is 14.7. The zero-order valence-corrected chi connectivity index (χ0v) is 20.5. The van der Waals surface area contributed by atoms with Crippen molar-refractivity contribution in [3.63, 3.8) is 0 Å². The molecule has 0 radical (unpaired) electrons. The zero-order chi connectivity index (χ0) is 25.2. The summed E-state index contributed by atoms with van der Waals surface area (Å²) in [5.41, 5.74) is 1.50. The van der Waals surface area contributed by atoms with E-state index in [4.69, 9.17) is 14.0 Å². The van der Waals surface area contributed by atoms with Crippen LogP contribution in [0.2, 0.25) is 0 Å². The number of hydrogen-bond donors (Lipinski definition) is 0. The van der Waals surface area contributed by atoms with Crippen molar-refractivity contribution in [1.29, 1.82) is 0 Å². The molecule has 2 aromatic carbocycles. The number of rotatable bonds is 8. The van der Waals surface area contributed by atoms with Crippen molar-refractivity contribution in [2.45, 2.75) is 19.9 Å². The summed E-state index contributed by atoms with van der Waals surface area (Å²) >= 11 is 1.58. The van der Waals surface area contributed by atoms with Crippen LogP contribution in [0, 0.1) is 17.6 Å². The topological polar surface area (TPSA) is 77.7 Å². The van der Waals surface area contributed by atoms with E-state index in [0.717, 1.165) is 28.3 Å². The first kappa shape index (κ1) is 24.1. The molecule has 1 saturated heterocycles. The lowest BCUT2D eigenvalue weighted by Gasteiger charge is -2.36. The predicted molar refractivity (Wildman–Crippen MR) is 130 cm³/mol. The van der Waals surface area contributed by atoms with Gasteiger partial charge < -0.3 is 14.0 Å². The molecular weight excluding hydrogens is 488 g/mol. The molecule has 0 unspecified atom stereocenters. The Bertz CT molecular complexity index is 1400. The smallest absolute Gasteiger partial charge is 0.311 e. The van der Waals surface area contributed by atoms with E-state index in [9.17, 15) is 13.6 Å². The number of nitrogens with zero attached hydrogens (tertiary/aromatic N) is 3. The van der Waals surface area contributed by atoms with Gasteiger partial charge in [0.2, 0.25) is 5.82 Å². The van der Waals surface area contributed by atoms with Crippen LogP contribution in [0.3, 0.4) is 0 Å². The summed E-state index contributed by atoms with van der Waals surface area (Å²) in [6.45, 7) is 4.14. The average Bonchev–Trinajstić information content (AvgIpc) is 3.49. The van der Waals surface area contributed by atoms with E-state index in [1.54, 1.807) is 23.5 Å². The van der Waals surface area contributed by atoms with Gasteiger partial charge in [0.15, 0.2) is 11.6 Å². The van der Waals surface area contributed by atoms with Crippen molar-refractivity contribution < 1.29 is 27.6 Å². The van der Waals surface area contributed by atoms with Crippen LogP contribution in [0.5, 0.6) is 11.5 Å².